The van der Waals surface area contributed by atoms with Crippen molar-refractivity contribution in [2.24, 2.45) is 11.8 Å². The van der Waals surface area contributed by atoms with Crippen LogP contribution in [0.4, 0.5) is 13.2 Å². The molecule has 0 bridgehead atoms. The lowest BCUT2D eigenvalue weighted by Crippen LogP contribution is -2.46. The largest absolute Gasteiger partial charge is 0.391 e. The van der Waals surface area contributed by atoms with Crippen molar-refractivity contribution >= 4 is 5.91 Å². The van der Waals surface area contributed by atoms with Gasteiger partial charge in [0.2, 0.25) is 5.91 Å². The zero-order valence-corrected chi connectivity index (χ0v) is 10.1. The first kappa shape index (κ1) is 14.3. The van der Waals surface area contributed by atoms with Gasteiger partial charge >= 0.3 is 6.18 Å². The lowest BCUT2D eigenvalue weighted by atomic mass is 9.91. The maximum atomic E-state index is 12.1. The van der Waals surface area contributed by atoms with E-state index in [1.54, 1.807) is 0 Å². The molecule has 0 aromatic rings. The molecule has 0 spiro atoms. The van der Waals surface area contributed by atoms with Gasteiger partial charge in [-0.3, -0.25) is 4.79 Å². The molecule has 6 heteroatoms. The van der Waals surface area contributed by atoms with Crippen LogP contribution in [-0.2, 0) is 4.79 Å². The predicted molar refractivity (Wildman–Crippen MR) is 58.4 cm³/mol. The van der Waals surface area contributed by atoms with Crippen molar-refractivity contribution in [3.05, 3.63) is 0 Å². The number of alkyl halides is 3. The van der Waals surface area contributed by atoms with Gasteiger partial charge in [-0.1, -0.05) is 6.92 Å². The lowest BCUT2D eigenvalue weighted by Gasteiger charge is -2.28. The van der Waals surface area contributed by atoms with Gasteiger partial charge in [0.05, 0.1) is 12.3 Å². The highest BCUT2D eigenvalue weighted by molar-refractivity contribution is 5.79. The van der Waals surface area contributed by atoms with Crippen LogP contribution in [0.3, 0.4) is 0 Å². The maximum absolute atomic E-state index is 12.1. The molecule has 0 aliphatic carbocycles. The molecule has 0 aromatic carbocycles. The summed E-state index contributed by atoms with van der Waals surface area (Å²) in [5.41, 5.74) is 0. The van der Waals surface area contributed by atoms with Crippen LogP contribution in [0.5, 0.6) is 0 Å². The van der Waals surface area contributed by atoms with Crippen molar-refractivity contribution in [2.75, 3.05) is 13.1 Å². The molecule has 3 unspecified atom stereocenters. The minimum Gasteiger partial charge on any atom is -0.353 e. The smallest absolute Gasteiger partial charge is 0.353 e. The van der Waals surface area contributed by atoms with Crippen LogP contribution in [0.25, 0.3) is 0 Å². The Bertz CT molecular complexity index is 268. The zero-order valence-electron chi connectivity index (χ0n) is 10.1. The molecule has 1 rings (SSSR count). The second-order valence-electron chi connectivity index (χ2n) is 4.92. The molecular weight excluding hydrogens is 233 g/mol. The van der Waals surface area contributed by atoms with E-state index in [1.807, 2.05) is 6.92 Å². The van der Waals surface area contributed by atoms with Gasteiger partial charge in [0.25, 0.3) is 0 Å². The number of piperidine rings is 1. The van der Waals surface area contributed by atoms with Crippen LogP contribution in [0.1, 0.15) is 26.7 Å². The van der Waals surface area contributed by atoms with E-state index < -0.39 is 18.6 Å². The third-order valence-electron chi connectivity index (χ3n) is 2.87. The number of halogens is 3. The molecular formula is C11H19F3N2O. The molecule has 1 amide bonds. The van der Waals surface area contributed by atoms with Crippen molar-refractivity contribution in [3.8, 4) is 0 Å². The number of carbonyl (C=O) groups excluding carboxylic acids is 1. The summed E-state index contributed by atoms with van der Waals surface area (Å²) in [6.07, 6.45) is -4.48. The molecule has 1 aliphatic rings. The highest BCUT2D eigenvalue weighted by atomic mass is 19.4. The Morgan fingerprint density at radius 3 is 2.65 bits per heavy atom. The standard InChI is InChI=1S/C11H19F3N2O/c1-7-3-9(6-15-5-7)10(17)16-8(2)4-11(12,13)14/h7-9,15H,3-6H2,1-2H3,(H,16,17). The fraction of sp³-hybridized carbons (Fsp3) is 0.909. The molecule has 0 saturated carbocycles. The van der Waals surface area contributed by atoms with E-state index in [9.17, 15) is 18.0 Å². The maximum Gasteiger partial charge on any atom is 0.391 e. The van der Waals surface area contributed by atoms with Gasteiger partial charge in [0.1, 0.15) is 0 Å². The minimum atomic E-state index is -4.23. The van der Waals surface area contributed by atoms with E-state index in [1.165, 1.54) is 6.92 Å². The monoisotopic (exact) mass is 252 g/mol. The van der Waals surface area contributed by atoms with E-state index >= 15 is 0 Å². The van der Waals surface area contributed by atoms with Crippen molar-refractivity contribution in [3.63, 3.8) is 0 Å². The fourth-order valence-electron chi connectivity index (χ4n) is 2.11. The van der Waals surface area contributed by atoms with Crippen molar-refractivity contribution in [1.29, 1.82) is 0 Å². The summed E-state index contributed by atoms with van der Waals surface area (Å²) < 4.78 is 36.3. The first-order chi connectivity index (χ1) is 7.78. The SMILES string of the molecule is CC1CNCC(C(=O)NC(C)CC(F)(F)F)C1. The first-order valence-electron chi connectivity index (χ1n) is 5.86. The van der Waals surface area contributed by atoms with Gasteiger partial charge in [-0.25, -0.2) is 0 Å². The summed E-state index contributed by atoms with van der Waals surface area (Å²) in [5.74, 6) is -0.104. The first-order valence-corrected chi connectivity index (χ1v) is 5.86. The van der Waals surface area contributed by atoms with Gasteiger partial charge in [-0.2, -0.15) is 13.2 Å². The summed E-state index contributed by atoms with van der Waals surface area (Å²) in [4.78, 5) is 11.7. The number of amides is 1. The third-order valence-corrected chi connectivity index (χ3v) is 2.87. The van der Waals surface area contributed by atoms with E-state index in [0.29, 0.717) is 12.5 Å². The van der Waals surface area contributed by atoms with Crippen molar-refractivity contribution in [1.82, 2.24) is 10.6 Å². The number of carbonyl (C=O) groups is 1. The highest BCUT2D eigenvalue weighted by Crippen LogP contribution is 2.22. The number of nitrogens with one attached hydrogen (secondary N) is 2. The molecule has 1 fully saturated rings. The van der Waals surface area contributed by atoms with E-state index in [0.717, 1.165) is 13.0 Å². The van der Waals surface area contributed by atoms with Gasteiger partial charge in [-0.15, -0.1) is 0 Å². The van der Waals surface area contributed by atoms with Gasteiger partial charge in [0, 0.05) is 12.6 Å². The predicted octanol–water partition coefficient (Wildman–Crippen LogP) is 1.69. The Kier molecular flexibility index (Phi) is 4.80. The molecule has 1 heterocycles. The van der Waals surface area contributed by atoms with E-state index in [2.05, 4.69) is 10.6 Å². The lowest BCUT2D eigenvalue weighted by molar-refractivity contribution is -0.142. The van der Waals surface area contributed by atoms with Crippen LogP contribution in [0.15, 0.2) is 0 Å². The Morgan fingerprint density at radius 2 is 2.12 bits per heavy atom. The Hall–Kier alpha value is -0.780. The van der Waals surface area contributed by atoms with Crippen LogP contribution >= 0.6 is 0 Å². The van der Waals surface area contributed by atoms with Gasteiger partial charge in [0.15, 0.2) is 0 Å². The van der Waals surface area contributed by atoms with Crippen molar-refractivity contribution < 1.29 is 18.0 Å². The molecule has 2 N–H and O–H groups in total. The Morgan fingerprint density at radius 1 is 1.47 bits per heavy atom. The normalized spacial score (nSPS) is 27.6. The van der Waals surface area contributed by atoms with Crippen LogP contribution in [0.2, 0.25) is 0 Å². The molecule has 17 heavy (non-hydrogen) atoms. The number of hydrogen-bond donors (Lipinski definition) is 2. The fourth-order valence-corrected chi connectivity index (χ4v) is 2.11. The van der Waals surface area contributed by atoms with Crippen LogP contribution < -0.4 is 10.6 Å². The highest BCUT2D eigenvalue weighted by Gasteiger charge is 2.32. The molecule has 0 aromatic heterocycles. The average Bonchev–Trinajstić information content (AvgIpc) is 2.14. The van der Waals surface area contributed by atoms with Gasteiger partial charge in [-0.05, 0) is 25.8 Å². The molecule has 100 valence electrons. The third kappa shape index (κ3) is 5.39. The zero-order chi connectivity index (χ0) is 13.1. The Labute approximate surface area is 99.1 Å². The topological polar surface area (TPSA) is 41.1 Å². The second-order valence-corrected chi connectivity index (χ2v) is 4.92. The minimum absolute atomic E-state index is 0.213. The number of rotatable bonds is 3. The summed E-state index contributed by atoms with van der Waals surface area (Å²) in [7, 11) is 0. The summed E-state index contributed by atoms with van der Waals surface area (Å²) >= 11 is 0. The molecule has 1 aliphatic heterocycles. The van der Waals surface area contributed by atoms with Crippen molar-refractivity contribution in [2.45, 2.75) is 38.9 Å². The van der Waals surface area contributed by atoms with E-state index in [-0.39, 0.29) is 11.8 Å². The van der Waals surface area contributed by atoms with E-state index in [4.69, 9.17) is 0 Å². The summed E-state index contributed by atoms with van der Waals surface area (Å²) in [6.45, 7) is 4.81. The summed E-state index contributed by atoms with van der Waals surface area (Å²) in [6, 6.07) is -0.861. The molecule has 1 saturated heterocycles. The van der Waals surface area contributed by atoms with Crippen LogP contribution in [0, 0.1) is 11.8 Å². The molecule has 0 radical (unpaired) electrons. The molecule has 3 nitrogen and oxygen atoms in total. The average molecular weight is 252 g/mol. The number of hydrogen-bond acceptors (Lipinski definition) is 2. The summed E-state index contributed by atoms with van der Waals surface area (Å²) in [5, 5.41) is 5.53. The quantitative estimate of drug-likeness (QED) is 0.802. The van der Waals surface area contributed by atoms with Gasteiger partial charge < -0.3 is 10.6 Å². The Balaban J connectivity index is 2.38. The molecule has 3 atom stereocenters. The second kappa shape index (κ2) is 5.71. The van der Waals surface area contributed by atoms with Crippen LogP contribution in [-0.4, -0.2) is 31.2 Å².